The van der Waals surface area contributed by atoms with Crippen LogP contribution in [0.3, 0.4) is 0 Å². The van der Waals surface area contributed by atoms with Crippen LogP contribution in [-0.2, 0) is 10.2 Å². The Balaban J connectivity index is 1.54. The minimum absolute atomic E-state index is 0.00244. The lowest BCUT2D eigenvalue weighted by Crippen LogP contribution is -2.39. The first-order valence-electron chi connectivity index (χ1n) is 8.46. The van der Waals surface area contributed by atoms with Gasteiger partial charge in [-0.15, -0.1) is 0 Å². The molecule has 4 rings (SSSR count). The molecule has 1 aliphatic carbocycles. The molecule has 2 atom stereocenters. The van der Waals surface area contributed by atoms with Crippen LogP contribution in [-0.4, -0.2) is 29.9 Å². The van der Waals surface area contributed by atoms with Gasteiger partial charge in [0.2, 0.25) is 5.91 Å². The highest BCUT2D eigenvalue weighted by molar-refractivity contribution is 6.30. The number of carbonyl (C=O) groups is 1. The Bertz CT molecular complexity index is 740. The number of benzene rings is 2. The molecule has 24 heavy (non-hydrogen) atoms. The summed E-state index contributed by atoms with van der Waals surface area (Å²) in [5.74, 6) is 0.440. The average molecular weight is 341 g/mol. The first-order valence-corrected chi connectivity index (χ1v) is 8.84. The molecule has 2 aromatic rings. The van der Waals surface area contributed by atoms with E-state index in [0.29, 0.717) is 18.1 Å². The van der Waals surface area contributed by atoms with E-state index < -0.39 is 0 Å². The third kappa shape index (κ3) is 2.62. The first-order chi connectivity index (χ1) is 11.6. The van der Waals surface area contributed by atoms with Crippen LogP contribution in [0.25, 0.3) is 0 Å². The zero-order valence-electron chi connectivity index (χ0n) is 13.5. The van der Waals surface area contributed by atoms with Crippen molar-refractivity contribution in [3.63, 3.8) is 0 Å². The smallest absolute Gasteiger partial charge is 0.233 e. The Morgan fingerprint density at radius 3 is 2.33 bits per heavy atom. The molecule has 3 nitrogen and oxygen atoms in total. The van der Waals surface area contributed by atoms with Gasteiger partial charge < -0.3 is 10.6 Å². The molecule has 2 fully saturated rings. The van der Waals surface area contributed by atoms with Crippen molar-refractivity contribution in [3.8, 4) is 0 Å². The number of hydrogen-bond acceptors (Lipinski definition) is 2. The maximum atomic E-state index is 13.2. The fourth-order valence-electron chi connectivity index (χ4n) is 3.87. The Morgan fingerprint density at radius 1 is 1.04 bits per heavy atom. The number of amides is 1. The fraction of sp³-hybridized carbons (Fsp3) is 0.350. The molecular formula is C20H21ClN2O. The highest BCUT2D eigenvalue weighted by atomic mass is 35.5. The van der Waals surface area contributed by atoms with Gasteiger partial charge in [-0.1, -0.05) is 54.1 Å². The summed E-state index contributed by atoms with van der Waals surface area (Å²) in [6.07, 6.45) is 1.82. The van der Waals surface area contributed by atoms with Gasteiger partial charge in [0.05, 0.1) is 5.41 Å². The summed E-state index contributed by atoms with van der Waals surface area (Å²) in [5.41, 5.74) is 8.30. The Hall–Kier alpha value is -1.84. The molecular weight excluding hydrogens is 320 g/mol. The molecule has 1 saturated heterocycles. The maximum Gasteiger partial charge on any atom is 0.233 e. The maximum absolute atomic E-state index is 13.2. The first kappa shape index (κ1) is 15.7. The van der Waals surface area contributed by atoms with Crippen LogP contribution in [0.15, 0.2) is 54.6 Å². The van der Waals surface area contributed by atoms with E-state index in [4.69, 9.17) is 17.3 Å². The summed E-state index contributed by atoms with van der Waals surface area (Å²) in [6.45, 7) is 1.34. The predicted octanol–water partition coefficient (Wildman–Crippen LogP) is 3.32. The van der Waals surface area contributed by atoms with Crippen molar-refractivity contribution in [2.75, 3.05) is 13.1 Å². The Morgan fingerprint density at radius 2 is 1.71 bits per heavy atom. The molecule has 1 aliphatic heterocycles. The van der Waals surface area contributed by atoms with E-state index in [1.54, 1.807) is 0 Å². The summed E-state index contributed by atoms with van der Waals surface area (Å²) in [7, 11) is 0. The van der Waals surface area contributed by atoms with Gasteiger partial charge in [0, 0.05) is 30.1 Å². The van der Waals surface area contributed by atoms with Gasteiger partial charge in [-0.2, -0.15) is 0 Å². The third-order valence-corrected chi connectivity index (χ3v) is 5.69. The monoisotopic (exact) mass is 340 g/mol. The zero-order valence-corrected chi connectivity index (χ0v) is 14.2. The second-order valence-electron chi connectivity index (χ2n) is 6.98. The highest BCUT2D eigenvalue weighted by Gasteiger charge is 2.54. The van der Waals surface area contributed by atoms with Crippen LogP contribution in [0, 0.1) is 0 Å². The molecule has 0 aromatic heterocycles. The van der Waals surface area contributed by atoms with Crippen LogP contribution >= 0.6 is 11.6 Å². The normalized spacial score (nSPS) is 24.8. The third-order valence-electron chi connectivity index (χ3n) is 5.44. The van der Waals surface area contributed by atoms with Gasteiger partial charge >= 0.3 is 0 Å². The largest absolute Gasteiger partial charge is 0.340 e. The van der Waals surface area contributed by atoms with E-state index in [9.17, 15) is 4.79 Å². The number of rotatable bonds is 3. The zero-order chi connectivity index (χ0) is 16.7. The van der Waals surface area contributed by atoms with Crippen molar-refractivity contribution in [2.45, 2.75) is 30.2 Å². The van der Waals surface area contributed by atoms with E-state index in [-0.39, 0.29) is 23.3 Å². The SMILES string of the molecule is N[C@@H]1CN(C(=O)C2(c3ccc(Cl)cc3)CC2)C[C@H]1c1ccccc1. The molecule has 1 heterocycles. The molecule has 0 bridgehead atoms. The van der Waals surface area contributed by atoms with Crippen LogP contribution in [0.4, 0.5) is 0 Å². The van der Waals surface area contributed by atoms with E-state index in [2.05, 4.69) is 12.1 Å². The van der Waals surface area contributed by atoms with Crippen molar-refractivity contribution in [3.05, 3.63) is 70.7 Å². The van der Waals surface area contributed by atoms with E-state index >= 15 is 0 Å². The van der Waals surface area contributed by atoms with Crippen molar-refractivity contribution < 1.29 is 4.79 Å². The summed E-state index contributed by atoms with van der Waals surface area (Å²) >= 11 is 5.98. The van der Waals surface area contributed by atoms with Crippen LogP contribution < -0.4 is 5.73 Å². The Kier molecular flexibility index (Phi) is 3.86. The molecule has 0 unspecified atom stereocenters. The molecule has 0 spiro atoms. The number of carbonyl (C=O) groups excluding carboxylic acids is 1. The standard InChI is InChI=1S/C20H21ClN2O/c21-16-8-6-15(7-9-16)20(10-11-20)19(24)23-12-17(18(22)13-23)14-4-2-1-3-5-14/h1-9,17-18H,10-13,22H2/t17-,18+/m0/s1. The van der Waals surface area contributed by atoms with Gasteiger partial charge in [-0.3, -0.25) is 4.79 Å². The predicted molar refractivity (Wildman–Crippen MR) is 96.1 cm³/mol. The lowest BCUT2D eigenvalue weighted by atomic mass is 9.94. The van der Waals surface area contributed by atoms with Crippen LogP contribution in [0.1, 0.15) is 29.9 Å². The molecule has 2 N–H and O–H groups in total. The van der Waals surface area contributed by atoms with E-state index in [0.717, 1.165) is 18.4 Å². The molecule has 4 heteroatoms. The summed E-state index contributed by atoms with van der Waals surface area (Å²) in [4.78, 5) is 15.1. The van der Waals surface area contributed by atoms with Crippen molar-refractivity contribution in [1.82, 2.24) is 4.90 Å². The second-order valence-corrected chi connectivity index (χ2v) is 7.42. The minimum atomic E-state index is -0.351. The van der Waals surface area contributed by atoms with Gasteiger partial charge in [-0.25, -0.2) is 0 Å². The van der Waals surface area contributed by atoms with Crippen LogP contribution in [0.5, 0.6) is 0 Å². The van der Waals surface area contributed by atoms with E-state index in [1.807, 2.05) is 47.4 Å². The second kappa shape index (κ2) is 5.91. The lowest BCUT2D eigenvalue weighted by Gasteiger charge is -2.23. The summed E-state index contributed by atoms with van der Waals surface area (Å²) < 4.78 is 0. The lowest BCUT2D eigenvalue weighted by molar-refractivity contribution is -0.133. The number of hydrogen-bond donors (Lipinski definition) is 1. The molecule has 1 saturated carbocycles. The number of halogens is 1. The Labute approximate surface area is 147 Å². The molecule has 2 aliphatic rings. The molecule has 1 amide bonds. The summed E-state index contributed by atoms with van der Waals surface area (Å²) in [6, 6.07) is 18.0. The molecule has 2 aromatic carbocycles. The quantitative estimate of drug-likeness (QED) is 0.931. The highest BCUT2D eigenvalue weighted by Crippen LogP contribution is 2.50. The topological polar surface area (TPSA) is 46.3 Å². The number of nitrogens with two attached hydrogens (primary N) is 1. The molecule has 0 radical (unpaired) electrons. The van der Waals surface area contributed by atoms with E-state index in [1.165, 1.54) is 5.56 Å². The number of likely N-dealkylation sites (tertiary alicyclic amines) is 1. The van der Waals surface area contributed by atoms with Gasteiger partial charge in [0.15, 0.2) is 0 Å². The minimum Gasteiger partial charge on any atom is -0.340 e. The van der Waals surface area contributed by atoms with Crippen molar-refractivity contribution in [2.24, 2.45) is 5.73 Å². The van der Waals surface area contributed by atoms with Crippen LogP contribution in [0.2, 0.25) is 5.02 Å². The number of nitrogens with zero attached hydrogens (tertiary/aromatic N) is 1. The van der Waals surface area contributed by atoms with Crippen molar-refractivity contribution >= 4 is 17.5 Å². The molecule has 124 valence electrons. The summed E-state index contributed by atoms with van der Waals surface area (Å²) in [5, 5.41) is 0.703. The average Bonchev–Trinajstić information content (AvgIpc) is 3.32. The van der Waals surface area contributed by atoms with Gasteiger partial charge in [0.25, 0.3) is 0 Å². The van der Waals surface area contributed by atoms with Gasteiger partial charge in [0.1, 0.15) is 0 Å². The van der Waals surface area contributed by atoms with Crippen molar-refractivity contribution in [1.29, 1.82) is 0 Å². The van der Waals surface area contributed by atoms with Gasteiger partial charge in [-0.05, 0) is 36.1 Å². The fourth-order valence-corrected chi connectivity index (χ4v) is 4.00.